The highest BCUT2D eigenvalue weighted by Crippen LogP contribution is 2.19. The number of carbonyl (C=O) groups excluding carboxylic acids is 1. The second-order valence-corrected chi connectivity index (χ2v) is 3.81. The summed E-state index contributed by atoms with van der Waals surface area (Å²) in [5.41, 5.74) is -0.682. The van der Waals surface area contributed by atoms with E-state index < -0.39 is 23.3 Å². The average Bonchev–Trinajstić information content (AvgIpc) is 2.89. The van der Waals surface area contributed by atoms with Crippen LogP contribution in [0.25, 0.3) is 6.08 Å². The number of hydrogen-bond acceptors (Lipinski definition) is 3. The fourth-order valence-corrected chi connectivity index (χ4v) is 1.56. The number of carbonyl (C=O) groups is 2. The van der Waals surface area contributed by atoms with Crippen molar-refractivity contribution in [1.82, 2.24) is 0 Å². The number of amides is 1. The van der Waals surface area contributed by atoms with Gasteiger partial charge in [-0.05, 0) is 30.3 Å². The zero-order valence-corrected chi connectivity index (χ0v) is 10.2. The summed E-state index contributed by atoms with van der Waals surface area (Å²) in [7, 11) is 0. The molecule has 1 amide bonds. The number of carboxylic acids is 1. The molecule has 0 aliphatic carbocycles. The first kappa shape index (κ1) is 13.5. The van der Waals surface area contributed by atoms with Gasteiger partial charge in [0, 0.05) is 6.08 Å². The third-order valence-electron chi connectivity index (χ3n) is 2.43. The summed E-state index contributed by atoms with van der Waals surface area (Å²) in [5, 5.41) is 11.2. The molecule has 0 bridgehead atoms. The van der Waals surface area contributed by atoms with Crippen LogP contribution in [-0.4, -0.2) is 17.0 Å². The lowest BCUT2D eigenvalue weighted by Crippen LogP contribution is -2.13. The molecule has 0 aliphatic heterocycles. The number of furan rings is 1. The monoisotopic (exact) mass is 275 g/mol. The zero-order chi connectivity index (χ0) is 14.5. The maximum absolute atomic E-state index is 13.4. The third kappa shape index (κ3) is 3.11. The molecular formula is C14H10FNO4. The molecule has 102 valence electrons. The smallest absolute Gasteiger partial charge is 0.340 e. The number of carboxylic acid groups (broad SMARTS) is 1. The molecule has 0 saturated carbocycles. The van der Waals surface area contributed by atoms with Gasteiger partial charge in [-0.25, -0.2) is 9.18 Å². The largest absolute Gasteiger partial charge is 0.478 e. The van der Waals surface area contributed by atoms with E-state index in [1.807, 2.05) is 0 Å². The van der Waals surface area contributed by atoms with Crippen LogP contribution in [0.4, 0.5) is 10.1 Å². The normalized spacial score (nSPS) is 10.7. The maximum Gasteiger partial charge on any atom is 0.340 e. The van der Waals surface area contributed by atoms with Gasteiger partial charge in [0.25, 0.3) is 0 Å². The molecule has 0 spiro atoms. The number of aromatic carboxylic acids is 1. The first-order valence-corrected chi connectivity index (χ1v) is 5.62. The average molecular weight is 275 g/mol. The van der Waals surface area contributed by atoms with E-state index in [2.05, 4.69) is 5.32 Å². The molecule has 6 heteroatoms. The van der Waals surface area contributed by atoms with Gasteiger partial charge in [-0.2, -0.15) is 0 Å². The Morgan fingerprint density at radius 2 is 2.05 bits per heavy atom. The first-order valence-electron chi connectivity index (χ1n) is 5.62. The number of anilines is 1. The Bertz CT molecular complexity index is 662. The molecule has 2 aromatic rings. The number of benzene rings is 1. The summed E-state index contributed by atoms with van der Waals surface area (Å²) in [6, 6.07) is 6.94. The van der Waals surface area contributed by atoms with Gasteiger partial charge >= 0.3 is 5.97 Å². The summed E-state index contributed by atoms with van der Waals surface area (Å²) >= 11 is 0. The van der Waals surface area contributed by atoms with Crippen LogP contribution in [0.15, 0.2) is 47.1 Å². The summed E-state index contributed by atoms with van der Waals surface area (Å²) in [6.07, 6.45) is 4.02. The topological polar surface area (TPSA) is 79.5 Å². The molecule has 0 atom stereocenters. The molecule has 2 N–H and O–H groups in total. The summed E-state index contributed by atoms with van der Waals surface area (Å²) in [4.78, 5) is 22.6. The van der Waals surface area contributed by atoms with Crippen molar-refractivity contribution < 1.29 is 23.5 Å². The first-order chi connectivity index (χ1) is 9.58. The van der Waals surface area contributed by atoms with Crippen molar-refractivity contribution in [3.8, 4) is 0 Å². The molecule has 0 radical (unpaired) electrons. The van der Waals surface area contributed by atoms with Crippen molar-refractivity contribution in [2.45, 2.75) is 0 Å². The minimum absolute atomic E-state index is 0.105. The van der Waals surface area contributed by atoms with Crippen LogP contribution in [0.1, 0.15) is 16.1 Å². The van der Waals surface area contributed by atoms with Crippen LogP contribution >= 0.6 is 0 Å². The molecule has 1 aromatic heterocycles. The fraction of sp³-hybridized carbons (Fsp3) is 0. The third-order valence-corrected chi connectivity index (χ3v) is 2.43. The van der Waals surface area contributed by atoms with Gasteiger partial charge in [0.15, 0.2) is 0 Å². The lowest BCUT2D eigenvalue weighted by Gasteiger charge is -2.06. The summed E-state index contributed by atoms with van der Waals surface area (Å²) in [6.45, 7) is 0. The minimum Gasteiger partial charge on any atom is -0.478 e. The predicted octanol–water partition coefficient (Wildman–Crippen LogP) is 2.77. The van der Waals surface area contributed by atoms with Crippen molar-refractivity contribution >= 4 is 23.6 Å². The van der Waals surface area contributed by atoms with Crippen LogP contribution in [0, 0.1) is 5.82 Å². The van der Waals surface area contributed by atoms with E-state index >= 15 is 0 Å². The highest BCUT2D eigenvalue weighted by Gasteiger charge is 2.16. The Morgan fingerprint density at radius 1 is 1.25 bits per heavy atom. The highest BCUT2D eigenvalue weighted by molar-refractivity contribution is 6.06. The number of hydrogen-bond donors (Lipinski definition) is 2. The predicted molar refractivity (Wildman–Crippen MR) is 69.7 cm³/mol. The number of nitrogens with one attached hydrogen (secondary N) is 1. The molecule has 20 heavy (non-hydrogen) atoms. The van der Waals surface area contributed by atoms with Crippen LogP contribution in [0.2, 0.25) is 0 Å². The molecule has 0 fully saturated rings. The Kier molecular flexibility index (Phi) is 3.95. The maximum atomic E-state index is 13.4. The van der Waals surface area contributed by atoms with E-state index in [4.69, 9.17) is 9.52 Å². The van der Waals surface area contributed by atoms with Crippen molar-refractivity contribution in [1.29, 1.82) is 0 Å². The van der Waals surface area contributed by atoms with Gasteiger partial charge in [-0.15, -0.1) is 0 Å². The minimum atomic E-state index is -1.45. The van der Waals surface area contributed by atoms with E-state index in [1.54, 1.807) is 12.1 Å². The van der Waals surface area contributed by atoms with Crippen molar-refractivity contribution in [2.24, 2.45) is 0 Å². The number of rotatable bonds is 4. The SMILES string of the molecule is O=C(/C=C/c1ccco1)Nc1cccc(F)c1C(=O)O. The fourth-order valence-electron chi connectivity index (χ4n) is 1.56. The molecule has 0 aliphatic rings. The Morgan fingerprint density at radius 3 is 2.70 bits per heavy atom. The molecule has 1 heterocycles. The Labute approximate surface area is 113 Å². The van der Waals surface area contributed by atoms with Gasteiger partial charge in [0.1, 0.15) is 17.1 Å². The van der Waals surface area contributed by atoms with Crippen LogP contribution in [-0.2, 0) is 4.79 Å². The van der Waals surface area contributed by atoms with Crippen LogP contribution < -0.4 is 5.32 Å². The molecule has 2 rings (SSSR count). The van der Waals surface area contributed by atoms with Crippen LogP contribution in [0.5, 0.6) is 0 Å². The molecule has 0 unspecified atom stereocenters. The van der Waals surface area contributed by atoms with Crippen LogP contribution in [0.3, 0.4) is 0 Å². The lowest BCUT2D eigenvalue weighted by atomic mass is 10.1. The van der Waals surface area contributed by atoms with Crippen molar-refractivity contribution in [3.63, 3.8) is 0 Å². The van der Waals surface area contributed by atoms with E-state index in [9.17, 15) is 14.0 Å². The van der Waals surface area contributed by atoms with E-state index in [-0.39, 0.29) is 5.69 Å². The standard InChI is InChI=1S/C14H10FNO4/c15-10-4-1-5-11(13(10)14(18)19)16-12(17)7-6-9-3-2-8-20-9/h1-8H,(H,16,17)(H,18,19)/b7-6+. The van der Waals surface area contributed by atoms with Crippen molar-refractivity contribution in [2.75, 3.05) is 5.32 Å². The second kappa shape index (κ2) is 5.83. The number of halogens is 1. The van der Waals surface area contributed by atoms with Crippen molar-refractivity contribution in [3.05, 3.63) is 59.8 Å². The van der Waals surface area contributed by atoms with E-state index in [1.165, 1.54) is 24.5 Å². The summed E-state index contributed by atoms with van der Waals surface area (Å²) in [5.74, 6) is -2.48. The zero-order valence-electron chi connectivity index (χ0n) is 10.2. The molecule has 0 saturated heterocycles. The molecular weight excluding hydrogens is 265 g/mol. The Hall–Kier alpha value is -2.89. The molecule has 1 aromatic carbocycles. The van der Waals surface area contributed by atoms with Gasteiger partial charge in [0.05, 0.1) is 12.0 Å². The highest BCUT2D eigenvalue weighted by atomic mass is 19.1. The van der Waals surface area contributed by atoms with Gasteiger partial charge < -0.3 is 14.8 Å². The quantitative estimate of drug-likeness (QED) is 0.841. The lowest BCUT2D eigenvalue weighted by molar-refractivity contribution is -0.111. The van der Waals surface area contributed by atoms with Gasteiger partial charge in [-0.3, -0.25) is 4.79 Å². The van der Waals surface area contributed by atoms with E-state index in [0.29, 0.717) is 5.76 Å². The molecule has 5 nitrogen and oxygen atoms in total. The second-order valence-electron chi connectivity index (χ2n) is 3.81. The Balaban J connectivity index is 2.16. The van der Waals surface area contributed by atoms with Gasteiger partial charge in [-0.1, -0.05) is 6.07 Å². The van der Waals surface area contributed by atoms with E-state index in [0.717, 1.165) is 12.1 Å². The summed E-state index contributed by atoms with van der Waals surface area (Å²) < 4.78 is 18.4. The van der Waals surface area contributed by atoms with Gasteiger partial charge in [0.2, 0.25) is 5.91 Å².